The van der Waals surface area contributed by atoms with Gasteiger partial charge >= 0.3 is 11.1 Å². The molecule has 0 radical (unpaired) electrons. The molecule has 2 rings (SSSR count). The summed E-state index contributed by atoms with van der Waals surface area (Å²) < 4.78 is 6.49. The molecule has 3 N–H and O–H groups in total. The lowest BCUT2D eigenvalue weighted by Gasteiger charge is -2.08. The van der Waals surface area contributed by atoms with Gasteiger partial charge in [0.15, 0.2) is 5.16 Å². The Morgan fingerprint density at radius 1 is 1.37 bits per heavy atom. The number of nitrogens with zero attached hydrogens (tertiary/aromatic N) is 2. The highest BCUT2D eigenvalue weighted by Gasteiger charge is 2.07. The molecule has 1 aromatic heterocycles. The van der Waals surface area contributed by atoms with Crippen molar-refractivity contribution >= 4 is 17.4 Å². The highest BCUT2D eigenvalue weighted by molar-refractivity contribution is 7.99. The molecular formula is C11H12N4O3S. The second-order valence-electron chi connectivity index (χ2n) is 3.74. The van der Waals surface area contributed by atoms with Gasteiger partial charge in [0.05, 0.1) is 7.11 Å². The highest BCUT2D eigenvalue weighted by atomic mass is 32.2. The SMILES string of the molecule is COc1cc(N)cc(Sc2nc(=O)c(=O)[nH]n2C)c1. The van der Waals surface area contributed by atoms with E-state index in [0.29, 0.717) is 16.6 Å². The summed E-state index contributed by atoms with van der Waals surface area (Å²) >= 11 is 1.20. The zero-order valence-electron chi connectivity index (χ0n) is 10.3. The van der Waals surface area contributed by atoms with Crippen LogP contribution in [-0.2, 0) is 7.05 Å². The van der Waals surface area contributed by atoms with Crippen molar-refractivity contribution < 1.29 is 4.74 Å². The smallest absolute Gasteiger partial charge is 0.339 e. The summed E-state index contributed by atoms with van der Waals surface area (Å²) in [5, 5.41) is 2.73. The van der Waals surface area contributed by atoms with Crippen LogP contribution < -0.4 is 21.6 Å². The molecule has 100 valence electrons. The first-order valence-corrected chi connectivity index (χ1v) is 6.11. The first-order chi connectivity index (χ1) is 8.99. The number of rotatable bonds is 3. The van der Waals surface area contributed by atoms with Gasteiger partial charge in [-0.05, 0) is 23.9 Å². The Labute approximate surface area is 112 Å². The van der Waals surface area contributed by atoms with Crippen LogP contribution in [-0.4, -0.2) is 21.9 Å². The largest absolute Gasteiger partial charge is 0.497 e. The van der Waals surface area contributed by atoms with Crippen LogP contribution >= 0.6 is 11.8 Å². The molecule has 0 bridgehead atoms. The van der Waals surface area contributed by atoms with Gasteiger partial charge in [-0.25, -0.2) is 0 Å². The first kappa shape index (κ1) is 13.2. The molecule has 19 heavy (non-hydrogen) atoms. The molecule has 0 amide bonds. The van der Waals surface area contributed by atoms with E-state index < -0.39 is 11.1 Å². The lowest BCUT2D eigenvalue weighted by molar-refractivity contribution is 0.414. The van der Waals surface area contributed by atoms with Crippen LogP contribution in [0.15, 0.2) is 37.8 Å². The lowest BCUT2D eigenvalue weighted by atomic mass is 10.3. The molecule has 0 aliphatic carbocycles. The fourth-order valence-electron chi connectivity index (χ4n) is 1.43. The summed E-state index contributed by atoms with van der Waals surface area (Å²) in [6.45, 7) is 0. The van der Waals surface area contributed by atoms with E-state index in [9.17, 15) is 9.59 Å². The van der Waals surface area contributed by atoms with Gasteiger partial charge in [0.25, 0.3) is 0 Å². The summed E-state index contributed by atoms with van der Waals surface area (Å²) in [6.07, 6.45) is 0. The molecule has 0 aliphatic rings. The third-order valence-corrected chi connectivity index (χ3v) is 3.31. The molecule has 8 heteroatoms. The van der Waals surface area contributed by atoms with E-state index in [1.807, 2.05) is 0 Å². The van der Waals surface area contributed by atoms with Gasteiger partial charge < -0.3 is 10.5 Å². The van der Waals surface area contributed by atoms with Gasteiger partial charge in [0, 0.05) is 23.7 Å². The van der Waals surface area contributed by atoms with E-state index in [0.717, 1.165) is 4.90 Å². The van der Waals surface area contributed by atoms with E-state index in [2.05, 4.69) is 10.1 Å². The van der Waals surface area contributed by atoms with E-state index in [1.165, 1.54) is 23.6 Å². The lowest BCUT2D eigenvalue weighted by Crippen LogP contribution is -2.33. The number of ether oxygens (including phenoxy) is 1. The number of benzene rings is 1. The Kier molecular flexibility index (Phi) is 3.61. The molecule has 0 saturated carbocycles. The van der Waals surface area contributed by atoms with Crippen LogP contribution in [0.25, 0.3) is 0 Å². The number of nitrogen functional groups attached to an aromatic ring is 1. The number of anilines is 1. The molecule has 1 heterocycles. The zero-order chi connectivity index (χ0) is 14.0. The zero-order valence-corrected chi connectivity index (χ0v) is 11.2. The summed E-state index contributed by atoms with van der Waals surface area (Å²) in [5.41, 5.74) is 4.70. The number of methoxy groups -OCH3 is 1. The number of nitrogens with two attached hydrogens (primary N) is 1. The number of nitrogens with one attached hydrogen (secondary N) is 1. The minimum absolute atomic E-state index is 0.359. The number of aryl methyl sites for hydroxylation is 1. The van der Waals surface area contributed by atoms with Crippen LogP contribution in [0.2, 0.25) is 0 Å². The second kappa shape index (κ2) is 5.19. The molecule has 0 aliphatic heterocycles. The Bertz CT molecular complexity index is 723. The number of aromatic amines is 1. The van der Waals surface area contributed by atoms with Gasteiger partial charge in [0.2, 0.25) is 0 Å². The minimum Gasteiger partial charge on any atom is -0.497 e. The van der Waals surface area contributed by atoms with Crippen molar-refractivity contribution in [3.8, 4) is 5.75 Å². The fraction of sp³-hybridized carbons (Fsp3) is 0.182. The number of aromatic nitrogens is 3. The molecule has 2 aromatic rings. The predicted molar refractivity (Wildman–Crippen MR) is 71.6 cm³/mol. The third-order valence-electron chi connectivity index (χ3n) is 2.29. The average molecular weight is 280 g/mol. The maximum Gasteiger partial charge on any atom is 0.339 e. The molecule has 0 unspecified atom stereocenters. The molecule has 7 nitrogen and oxygen atoms in total. The van der Waals surface area contributed by atoms with Crippen molar-refractivity contribution in [2.24, 2.45) is 7.05 Å². The van der Waals surface area contributed by atoms with Crippen LogP contribution in [0.1, 0.15) is 0 Å². The van der Waals surface area contributed by atoms with Crippen LogP contribution in [0.4, 0.5) is 5.69 Å². The van der Waals surface area contributed by atoms with E-state index >= 15 is 0 Å². The summed E-state index contributed by atoms with van der Waals surface area (Å²) in [5.74, 6) is 0.608. The molecule has 0 spiro atoms. The normalized spacial score (nSPS) is 10.4. The second-order valence-corrected chi connectivity index (χ2v) is 4.78. The summed E-state index contributed by atoms with van der Waals surface area (Å²) in [4.78, 5) is 26.8. The van der Waals surface area contributed by atoms with Crippen molar-refractivity contribution in [2.45, 2.75) is 10.1 Å². The molecule has 0 atom stereocenters. The Morgan fingerprint density at radius 3 is 2.79 bits per heavy atom. The van der Waals surface area contributed by atoms with Crippen molar-refractivity contribution in [1.82, 2.24) is 14.8 Å². The maximum absolute atomic E-state index is 11.2. The Hall–Kier alpha value is -2.22. The third kappa shape index (κ3) is 2.97. The average Bonchev–Trinajstić information content (AvgIpc) is 2.35. The van der Waals surface area contributed by atoms with Gasteiger partial charge in [-0.15, -0.1) is 0 Å². The topological polar surface area (TPSA) is 103 Å². The maximum atomic E-state index is 11.2. The quantitative estimate of drug-likeness (QED) is 0.615. The molecule has 1 aromatic carbocycles. The van der Waals surface area contributed by atoms with Crippen molar-refractivity contribution in [1.29, 1.82) is 0 Å². The fourth-order valence-corrected chi connectivity index (χ4v) is 2.32. The monoisotopic (exact) mass is 280 g/mol. The van der Waals surface area contributed by atoms with Gasteiger partial charge in [-0.1, -0.05) is 0 Å². The predicted octanol–water partition coefficient (Wildman–Crippen LogP) is 0.211. The standard InChI is InChI=1S/C11H12N4O3S/c1-15-11(13-9(16)10(17)14-15)19-8-4-6(12)3-7(5-8)18-2/h3-5H,12H2,1-2H3,(H,14,17). The van der Waals surface area contributed by atoms with Gasteiger partial charge in [-0.3, -0.25) is 19.4 Å². The van der Waals surface area contributed by atoms with Crippen LogP contribution in [0.5, 0.6) is 5.75 Å². The van der Waals surface area contributed by atoms with Crippen molar-refractivity contribution in [3.05, 3.63) is 38.9 Å². The van der Waals surface area contributed by atoms with Gasteiger partial charge in [-0.2, -0.15) is 4.98 Å². The van der Waals surface area contributed by atoms with E-state index in [4.69, 9.17) is 10.5 Å². The molecule has 0 saturated heterocycles. The first-order valence-electron chi connectivity index (χ1n) is 5.29. The van der Waals surface area contributed by atoms with Gasteiger partial charge in [0.1, 0.15) is 5.75 Å². The minimum atomic E-state index is -0.823. The summed E-state index contributed by atoms with van der Waals surface area (Å²) in [6, 6.07) is 5.17. The Morgan fingerprint density at radius 2 is 2.11 bits per heavy atom. The van der Waals surface area contributed by atoms with E-state index in [-0.39, 0.29) is 0 Å². The summed E-state index contributed by atoms with van der Waals surface area (Å²) in [7, 11) is 3.14. The molecular weight excluding hydrogens is 268 g/mol. The number of H-pyrrole nitrogens is 1. The van der Waals surface area contributed by atoms with Crippen LogP contribution in [0, 0.1) is 0 Å². The number of hydrogen-bond donors (Lipinski definition) is 2. The van der Waals surface area contributed by atoms with Crippen molar-refractivity contribution in [2.75, 3.05) is 12.8 Å². The highest BCUT2D eigenvalue weighted by Crippen LogP contribution is 2.29. The molecule has 0 fully saturated rings. The number of hydrogen-bond acceptors (Lipinski definition) is 6. The Balaban J connectivity index is 2.41. The van der Waals surface area contributed by atoms with Crippen molar-refractivity contribution in [3.63, 3.8) is 0 Å². The van der Waals surface area contributed by atoms with E-state index in [1.54, 1.807) is 25.2 Å². The van der Waals surface area contributed by atoms with Crippen LogP contribution in [0.3, 0.4) is 0 Å².